The number of carbonyl (C=O) groups is 2. The molecule has 0 saturated heterocycles. The first-order valence-electron chi connectivity index (χ1n) is 6.39. The molecular weight excluding hydrogens is 390 g/mol. The first-order chi connectivity index (χ1) is 11.1. The van der Waals surface area contributed by atoms with Crippen LogP contribution in [-0.2, 0) is 28.0 Å². The van der Waals surface area contributed by atoms with E-state index in [1.807, 2.05) is 0 Å². The van der Waals surface area contributed by atoms with Crippen molar-refractivity contribution in [3.63, 3.8) is 0 Å². The fourth-order valence-electron chi connectivity index (χ4n) is 1.97. The topological polar surface area (TPSA) is 231 Å². The molecule has 15 heteroatoms. The van der Waals surface area contributed by atoms with Crippen LogP contribution in [0.15, 0.2) is 11.6 Å². The molecule has 4 atom stereocenters. The average molecular weight is 405 g/mol. The van der Waals surface area contributed by atoms with Gasteiger partial charge in [-0.1, -0.05) is 0 Å². The van der Waals surface area contributed by atoms with Gasteiger partial charge in [-0.15, -0.1) is 0 Å². The van der Waals surface area contributed by atoms with Crippen LogP contribution in [0.5, 0.6) is 0 Å². The number of aliphatic carboxylic acids is 2. The highest BCUT2D eigenvalue weighted by Gasteiger charge is 2.54. The smallest absolute Gasteiger partial charge is 0.470 e. The van der Waals surface area contributed by atoms with Crippen LogP contribution in [0, 0.1) is 0 Å². The van der Waals surface area contributed by atoms with Gasteiger partial charge in [-0.3, -0.25) is 9.09 Å². The minimum atomic E-state index is -5.45. The lowest BCUT2D eigenvalue weighted by atomic mass is 9.92. The van der Waals surface area contributed by atoms with Gasteiger partial charge in [-0.2, -0.15) is 0 Å². The Balaban J connectivity index is 3.25. The zero-order valence-electron chi connectivity index (χ0n) is 12.5. The third-order valence-electron chi connectivity index (χ3n) is 3.36. The van der Waals surface area contributed by atoms with Gasteiger partial charge in [-0.05, 0) is 18.6 Å². The molecule has 25 heavy (non-hydrogen) atoms. The van der Waals surface area contributed by atoms with Crippen LogP contribution in [0.25, 0.3) is 0 Å². The number of carbonyl (C=O) groups excluding carboxylic acids is 1. The maximum absolute atomic E-state index is 11.4. The zero-order valence-corrected chi connectivity index (χ0v) is 14.2. The molecule has 0 aliphatic heterocycles. The molecule has 0 bridgehead atoms. The van der Waals surface area contributed by atoms with Crippen LogP contribution in [0.2, 0.25) is 0 Å². The summed E-state index contributed by atoms with van der Waals surface area (Å²) in [4.78, 5) is 58.1. The highest BCUT2D eigenvalue weighted by Crippen LogP contribution is 2.53. The summed E-state index contributed by atoms with van der Waals surface area (Å²) >= 11 is 0. The lowest BCUT2D eigenvalue weighted by Gasteiger charge is -2.38. The largest absolute Gasteiger partial charge is 0.545 e. The molecule has 1 aliphatic carbocycles. The van der Waals surface area contributed by atoms with Gasteiger partial charge < -0.3 is 44.4 Å². The lowest BCUT2D eigenvalue weighted by molar-refractivity contribution is -0.300. The Morgan fingerprint density at radius 3 is 2.16 bits per heavy atom. The van der Waals surface area contributed by atoms with Crippen LogP contribution in [0.4, 0.5) is 0 Å². The molecule has 0 aromatic heterocycles. The Labute approximate surface area is 139 Å². The lowest BCUT2D eigenvalue weighted by Crippen LogP contribution is -2.50. The number of phosphoric acid groups is 1. The molecule has 0 amide bonds. The van der Waals surface area contributed by atoms with Crippen molar-refractivity contribution in [1.82, 2.24) is 0 Å². The molecule has 0 radical (unpaired) electrons. The fourth-order valence-corrected chi connectivity index (χ4v) is 2.99. The van der Waals surface area contributed by atoms with Crippen LogP contribution in [0.3, 0.4) is 0 Å². The van der Waals surface area contributed by atoms with Crippen molar-refractivity contribution >= 4 is 27.4 Å². The number of hydrogen-bond donors (Lipinski definition) is 6. The van der Waals surface area contributed by atoms with E-state index in [1.54, 1.807) is 0 Å². The average Bonchev–Trinajstić information content (AvgIpc) is 2.39. The first-order valence-corrected chi connectivity index (χ1v) is 9.53. The van der Waals surface area contributed by atoms with E-state index in [9.17, 15) is 38.7 Å². The fraction of sp³-hybridized carbons (Fsp3) is 0.600. The van der Waals surface area contributed by atoms with E-state index in [0.29, 0.717) is 13.0 Å². The van der Waals surface area contributed by atoms with E-state index in [-0.39, 0.29) is 0 Å². The number of rotatable bonds is 7. The van der Waals surface area contributed by atoms with Crippen LogP contribution < -0.4 is 5.11 Å². The van der Waals surface area contributed by atoms with Gasteiger partial charge in [0.05, 0.1) is 12.1 Å². The standard InChI is InChI=1S/C10H16O13P2/c1-10(9(14)15,24(16,17)18)22-5-2-4(8(12)13)3-6(7(5)11)23-25(19,20)21/h3,5-7,11H,2H2,1H3,(H,12,13)(H,14,15)(H2,16,17,18)(H2,19,20,21)/p-1/t5-,6-,7+,10+/m1/s1. The molecule has 1 aliphatic rings. The van der Waals surface area contributed by atoms with Crippen LogP contribution in [-0.4, -0.2) is 65.4 Å². The Morgan fingerprint density at radius 1 is 1.28 bits per heavy atom. The van der Waals surface area contributed by atoms with E-state index in [4.69, 9.17) is 19.6 Å². The second-order valence-corrected chi connectivity index (χ2v) is 8.36. The first kappa shape index (κ1) is 21.9. The molecule has 1 rings (SSSR count). The number of aliphatic hydroxyl groups is 1. The second kappa shape index (κ2) is 7.23. The second-order valence-electron chi connectivity index (χ2n) is 5.22. The molecule has 0 unspecified atom stereocenters. The van der Waals surface area contributed by atoms with Gasteiger partial charge in [0.25, 0.3) is 5.34 Å². The van der Waals surface area contributed by atoms with Crippen molar-refractivity contribution in [2.75, 3.05) is 0 Å². The van der Waals surface area contributed by atoms with E-state index in [0.717, 1.165) is 0 Å². The third-order valence-corrected chi connectivity index (χ3v) is 5.29. The van der Waals surface area contributed by atoms with E-state index in [2.05, 4.69) is 4.52 Å². The van der Waals surface area contributed by atoms with Gasteiger partial charge in [0.2, 0.25) is 0 Å². The summed E-state index contributed by atoms with van der Waals surface area (Å²) in [7, 11) is -10.7. The monoisotopic (exact) mass is 405 g/mol. The normalized spacial score (nSPS) is 27.3. The summed E-state index contributed by atoms with van der Waals surface area (Å²) in [5.41, 5.74) is -0.674. The number of carboxylic acids is 2. The summed E-state index contributed by atoms with van der Waals surface area (Å²) in [5, 5.41) is 26.8. The molecule has 0 heterocycles. The van der Waals surface area contributed by atoms with E-state index in [1.165, 1.54) is 0 Å². The summed E-state index contributed by atoms with van der Waals surface area (Å²) in [6.45, 7) is 0.499. The van der Waals surface area contributed by atoms with E-state index >= 15 is 0 Å². The molecule has 144 valence electrons. The molecule has 0 aromatic carbocycles. The molecule has 6 N–H and O–H groups in total. The highest BCUT2D eigenvalue weighted by molar-refractivity contribution is 7.54. The van der Waals surface area contributed by atoms with Crippen molar-refractivity contribution in [2.45, 2.75) is 37.0 Å². The molecular formula is C10H15O13P2-. The van der Waals surface area contributed by atoms with Gasteiger partial charge >= 0.3 is 21.4 Å². The van der Waals surface area contributed by atoms with Crippen molar-refractivity contribution in [3.05, 3.63) is 11.6 Å². The Kier molecular flexibility index (Phi) is 6.34. The number of ether oxygens (including phenoxy) is 1. The minimum Gasteiger partial charge on any atom is -0.545 e. The van der Waals surface area contributed by atoms with Crippen molar-refractivity contribution in [2.24, 2.45) is 0 Å². The Bertz CT molecular complexity index is 674. The summed E-state index contributed by atoms with van der Waals surface area (Å²) in [6.07, 6.45) is -6.02. The molecule has 0 fully saturated rings. The third kappa shape index (κ3) is 5.17. The van der Waals surface area contributed by atoms with E-state index < -0.39 is 63.0 Å². The number of carboxylic acid groups (broad SMARTS) is 2. The zero-order chi connectivity index (χ0) is 19.8. The van der Waals surface area contributed by atoms with Crippen molar-refractivity contribution < 1.29 is 62.9 Å². The van der Waals surface area contributed by atoms with Crippen molar-refractivity contribution in [3.8, 4) is 0 Å². The van der Waals surface area contributed by atoms with Crippen LogP contribution >= 0.6 is 15.4 Å². The Morgan fingerprint density at radius 2 is 1.80 bits per heavy atom. The molecule has 0 saturated carbocycles. The maximum Gasteiger partial charge on any atom is 0.470 e. The molecule has 13 nitrogen and oxygen atoms in total. The van der Waals surface area contributed by atoms with Gasteiger partial charge in [0, 0.05) is 6.42 Å². The van der Waals surface area contributed by atoms with Crippen molar-refractivity contribution in [1.29, 1.82) is 0 Å². The summed E-state index contributed by atoms with van der Waals surface area (Å²) in [6, 6.07) is 0. The maximum atomic E-state index is 11.4. The predicted molar refractivity (Wildman–Crippen MR) is 73.6 cm³/mol. The Hall–Kier alpha value is -1.14. The predicted octanol–water partition coefficient (Wildman–Crippen LogP) is -2.73. The molecule has 0 aromatic rings. The van der Waals surface area contributed by atoms with Gasteiger partial charge in [0.1, 0.15) is 12.2 Å². The number of aliphatic hydroxyl groups excluding tert-OH is 1. The highest BCUT2D eigenvalue weighted by atomic mass is 31.2. The SMILES string of the molecule is C[C@@](O[C@@H]1CC(C(=O)[O-])=C[C@@H](OP(=O)(O)O)[C@H]1O)(C(=O)O)P(=O)(O)O. The molecule has 0 spiro atoms. The van der Waals surface area contributed by atoms with Gasteiger partial charge in [0.15, 0.2) is 0 Å². The summed E-state index contributed by atoms with van der Waals surface area (Å²) in [5.74, 6) is -3.95. The quantitative estimate of drug-likeness (QED) is 0.236. The van der Waals surface area contributed by atoms with Gasteiger partial charge in [-0.25, -0.2) is 9.36 Å². The minimum absolute atomic E-state index is 0.499. The number of phosphoric ester groups is 1. The summed E-state index contributed by atoms with van der Waals surface area (Å²) < 4.78 is 31.3. The number of hydrogen-bond acceptors (Lipinski definition) is 8. The van der Waals surface area contributed by atoms with Crippen LogP contribution in [0.1, 0.15) is 13.3 Å².